The monoisotopic (exact) mass is 346 g/mol. The molecule has 5 heteroatoms. The lowest BCUT2D eigenvalue weighted by atomic mass is 10.0. The summed E-state index contributed by atoms with van der Waals surface area (Å²) in [6, 6.07) is 10.4. The zero-order valence-electron chi connectivity index (χ0n) is 15.0. The van der Waals surface area contributed by atoms with Crippen LogP contribution >= 0.6 is 11.3 Å². The molecule has 0 radical (unpaired) electrons. The van der Waals surface area contributed by atoms with Crippen LogP contribution in [0.3, 0.4) is 0 Å². The average molecular weight is 346 g/mol. The van der Waals surface area contributed by atoms with E-state index in [0.717, 1.165) is 11.4 Å². The molecular weight excluding hydrogens is 320 g/mol. The Kier molecular flexibility index (Phi) is 6.02. The van der Waals surface area contributed by atoms with E-state index in [-0.39, 0.29) is 12.1 Å². The van der Waals surface area contributed by atoms with Crippen molar-refractivity contribution in [3.8, 4) is 11.1 Å². The molecule has 2 N–H and O–H groups in total. The molecule has 0 fully saturated rings. The zero-order chi connectivity index (χ0) is 17.7. The summed E-state index contributed by atoms with van der Waals surface area (Å²) in [5.41, 5.74) is 3.17. The molecule has 2 aromatic rings. The molecule has 0 saturated carbocycles. The minimum absolute atomic E-state index is 0.0879. The summed E-state index contributed by atoms with van der Waals surface area (Å²) < 4.78 is 5.32. The minimum atomic E-state index is -0.490. The van der Waals surface area contributed by atoms with Gasteiger partial charge in [0.1, 0.15) is 5.60 Å². The van der Waals surface area contributed by atoms with Crippen molar-refractivity contribution in [3.05, 3.63) is 46.2 Å². The highest BCUT2D eigenvalue weighted by Gasteiger charge is 2.19. The smallest absolute Gasteiger partial charge is 0.408 e. The summed E-state index contributed by atoms with van der Waals surface area (Å²) in [4.78, 5) is 13.0. The summed E-state index contributed by atoms with van der Waals surface area (Å²) in [6.45, 7) is 8.38. The third-order valence-electron chi connectivity index (χ3n) is 3.48. The fraction of sp³-hybridized carbons (Fsp3) is 0.421. The first-order valence-electron chi connectivity index (χ1n) is 8.11. The number of carbonyl (C=O) groups excluding carboxylic acids is 1. The minimum Gasteiger partial charge on any atom is -0.444 e. The van der Waals surface area contributed by atoms with Crippen molar-refractivity contribution < 1.29 is 9.53 Å². The maximum Gasteiger partial charge on any atom is 0.408 e. The van der Waals surface area contributed by atoms with Crippen LogP contribution in [0.2, 0.25) is 0 Å². The second-order valence-corrected chi connectivity index (χ2v) is 7.74. The van der Waals surface area contributed by atoms with Crippen molar-refractivity contribution in [2.45, 2.75) is 45.9 Å². The first-order chi connectivity index (χ1) is 11.3. The Hall–Kier alpha value is -1.85. The van der Waals surface area contributed by atoms with E-state index in [1.54, 1.807) is 11.3 Å². The highest BCUT2D eigenvalue weighted by atomic mass is 32.1. The molecule has 1 aromatic carbocycles. The van der Waals surface area contributed by atoms with Crippen molar-refractivity contribution >= 4 is 17.4 Å². The Balaban J connectivity index is 2.12. The molecule has 0 aliphatic heterocycles. The van der Waals surface area contributed by atoms with Crippen LogP contribution < -0.4 is 10.6 Å². The second-order valence-electron chi connectivity index (χ2n) is 6.79. The van der Waals surface area contributed by atoms with Gasteiger partial charge in [0.2, 0.25) is 0 Å². The van der Waals surface area contributed by atoms with Gasteiger partial charge in [-0.2, -0.15) is 0 Å². The lowest BCUT2D eigenvalue weighted by molar-refractivity contribution is 0.0509. The molecule has 24 heavy (non-hydrogen) atoms. The Bertz CT molecular complexity index is 689. The molecule has 1 atom stereocenters. The summed E-state index contributed by atoms with van der Waals surface area (Å²) in [5, 5.41) is 8.23. The number of thiophene rings is 1. The number of alkyl carbamates (subject to hydrolysis) is 1. The molecule has 2 rings (SSSR count). The van der Waals surface area contributed by atoms with Crippen LogP contribution in [0.1, 0.15) is 44.2 Å². The summed E-state index contributed by atoms with van der Waals surface area (Å²) in [5.74, 6) is 0. The predicted octanol–water partition coefficient (Wildman–Crippen LogP) is 4.72. The largest absolute Gasteiger partial charge is 0.444 e. The van der Waals surface area contributed by atoms with Crippen molar-refractivity contribution in [2.75, 3.05) is 7.05 Å². The molecule has 0 spiro atoms. The summed E-state index contributed by atoms with van der Waals surface area (Å²) in [7, 11) is 1.95. The van der Waals surface area contributed by atoms with Crippen molar-refractivity contribution in [2.24, 2.45) is 0 Å². The van der Waals surface area contributed by atoms with Gasteiger partial charge in [-0.1, -0.05) is 24.3 Å². The van der Waals surface area contributed by atoms with Crippen LogP contribution in [-0.4, -0.2) is 18.7 Å². The Morgan fingerprint density at radius 3 is 2.67 bits per heavy atom. The van der Waals surface area contributed by atoms with Crippen molar-refractivity contribution in [1.29, 1.82) is 0 Å². The van der Waals surface area contributed by atoms with Gasteiger partial charge in [-0.3, -0.25) is 0 Å². The van der Waals surface area contributed by atoms with E-state index in [4.69, 9.17) is 4.74 Å². The fourth-order valence-corrected chi connectivity index (χ4v) is 3.34. The van der Waals surface area contributed by atoms with Gasteiger partial charge < -0.3 is 15.4 Å². The van der Waals surface area contributed by atoms with Crippen molar-refractivity contribution in [3.63, 3.8) is 0 Å². The number of benzene rings is 1. The number of nitrogens with one attached hydrogen (secondary N) is 2. The van der Waals surface area contributed by atoms with E-state index in [9.17, 15) is 4.79 Å². The van der Waals surface area contributed by atoms with Crippen LogP contribution in [0.15, 0.2) is 35.7 Å². The predicted molar refractivity (Wildman–Crippen MR) is 100 cm³/mol. The second kappa shape index (κ2) is 7.81. The first-order valence-corrected chi connectivity index (χ1v) is 8.99. The Morgan fingerprint density at radius 2 is 2.00 bits per heavy atom. The molecule has 1 aromatic heterocycles. The molecular formula is C19H26N2O2S. The van der Waals surface area contributed by atoms with Crippen LogP contribution in [0.5, 0.6) is 0 Å². The first kappa shape index (κ1) is 18.5. The Labute approximate surface area is 148 Å². The maximum absolute atomic E-state index is 11.9. The lowest BCUT2D eigenvalue weighted by Crippen LogP contribution is -2.33. The van der Waals surface area contributed by atoms with Crippen LogP contribution in [-0.2, 0) is 11.3 Å². The number of hydrogen-bond acceptors (Lipinski definition) is 4. The van der Waals surface area contributed by atoms with E-state index >= 15 is 0 Å². The van der Waals surface area contributed by atoms with Gasteiger partial charge in [-0.25, -0.2) is 4.79 Å². The maximum atomic E-state index is 11.9. The normalized spacial score (nSPS) is 12.7. The van der Waals surface area contributed by atoms with Crippen LogP contribution in [0, 0.1) is 0 Å². The number of rotatable bonds is 5. The number of ether oxygens (including phenoxy) is 1. The van der Waals surface area contributed by atoms with Crippen LogP contribution in [0.4, 0.5) is 4.79 Å². The van der Waals surface area contributed by atoms with E-state index in [1.165, 1.54) is 16.7 Å². The van der Waals surface area contributed by atoms with Gasteiger partial charge in [0.05, 0.1) is 6.04 Å². The third kappa shape index (κ3) is 5.08. The van der Waals surface area contributed by atoms with Gasteiger partial charge in [0, 0.05) is 11.4 Å². The Morgan fingerprint density at radius 1 is 1.29 bits per heavy atom. The van der Waals surface area contributed by atoms with Gasteiger partial charge in [-0.15, -0.1) is 11.3 Å². The third-order valence-corrected chi connectivity index (χ3v) is 4.59. The van der Waals surface area contributed by atoms with E-state index < -0.39 is 5.60 Å². The quantitative estimate of drug-likeness (QED) is 0.823. The molecule has 0 bridgehead atoms. The van der Waals surface area contributed by atoms with Gasteiger partial charge >= 0.3 is 6.09 Å². The molecule has 0 aliphatic rings. The van der Waals surface area contributed by atoms with E-state index in [1.807, 2.05) is 40.8 Å². The van der Waals surface area contributed by atoms with Gasteiger partial charge in [0.25, 0.3) is 0 Å². The lowest BCUT2D eigenvalue weighted by Gasteiger charge is -2.21. The standard InChI is InChI=1S/C19H26N2O2S/c1-13(21-18(22)23-19(2,3)4)17-10-15(12-24-17)16-9-7-6-8-14(16)11-20-5/h6-10,12-13,20H,11H2,1-5H3,(H,21,22). The molecule has 0 aliphatic carbocycles. The highest BCUT2D eigenvalue weighted by Crippen LogP contribution is 2.31. The molecule has 1 heterocycles. The zero-order valence-corrected chi connectivity index (χ0v) is 15.8. The van der Waals surface area contributed by atoms with Crippen LogP contribution in [0.25, 0.3) is 11.1 Å². The molecule has 4 nitrogen and oxygen atoms in total. The molecule has 1 amide bonds. The van der Waals surface area contributed by atoms with E-state index in [2.05, 4.69) is 40.3 Å². The topological polar surface area (TPSA) is 50.4 Å². The SMILES string of the molecule is CNCc1ccccc1-c1csc(C(C)NC(=O)OC(C)(C)C)c1. The van der Waals surface area contributed by atoms with Gasteiger partial charge in [0.15, 0.2) is 0 Å². The van der Waals surface area contributed by atoms with Crippen molar-refractivity contribution in [1.82, 2.24) is 10.6 Å². The highest BCUT2D eigenvalue weighted by molar-refractivity contribution is 7.10. The summed E-state index contributed by atoms with van der Waals surface area (Å²) in [6.07, 6.45) is -0.388. The van der Waals surface area contributed by atoms with Gasteiger partial charge in [-0.05, 0) is 62.9 Å². The average Bonchev–Trinajstić information content (AvgIpc) is 2.96. The molecule has 0 saturated heterocycles. The molecule has 130 valence electrons. The fourth-order valence-electron chi connectivity index (χ4n) is 2.42. The van der Waals surface area contributed by atoms with E-state index in [0.29, 0.717) is 0 Å². The number of hydrogen-bond donors (Lipinski definition) is 2. The summed E-state index contributed by atoms with van der Waals surface area (Å²) >= 11 is 1.65. The number of carbonyl (C=O) groups is 1. The number of amides is 1. The molecule has 1 unspecified atom stereocenters.